The van der Waals surface area contributed by atoms with Crippen LogP contribution in [-0.2, 0) is 4.74 Å². The molecule has 2 aliphatic rings. The number of ether oxygens (including phenoxy) is 1. The molecule has 2 unspecified atom stereocenters. The predicted molar refractivity (Wildman–Crippen MR) is 75.7 cm³/mol. The van der Waals surface area contributed by atoms with E-state index in [-0.39, 0.29) is 0 Å². The van der Waals surface area contributed by atoms with Gasteiger partial charge in [0.25, 0.3) is 0 Å². The average Bonchev–Trinajstić information content (AvgIpc) is 2.89. The van der Waals surface area contributed by atoms with Crippen molar-refractivity contribution in [2.75, 3.05) is 29.9 Å². The normalized spacial score (nSPS) is 26.3. The topological polar surface area (TPSA) is 50.3 Å². The highest BCUT2D eigenvalue weighted by Gasteiger charge is 2.37. The molecular weight excluding hydrogens is 240 g/mol. The number of fused-ring (bicyclic) bond motifs is 1. The Kier molecular flexibility index (Phi) is 3.55. The molecular formula is C14H22N4O. The van der Waals surface area contributed by atoms with E-state index in [0.29, 0.717) is 12.1 Å². The number of nitrogens with zero attached hydrogens (tertiary/aromatic N) is 3. The maximum atomic E-state index is 5.87. The number of aryl methyl sites for hydroxylation is 1. The molecule has 0 bridgehead atoms. The molecule has 0 amide bonds. The summed E-state index contributed by atoms with van der Waals surface area (Å²) < 4.78 is 5.87. The van der Waals surface area contributed by atoms with Crippen molar-refractivity contribution in [2.45, 2.75) is 45.3 Å². The second kappa shape index (κ2) is 5.33. The van der Waals surface area contributed by atoms with E-state index in [2.05, 4.69) is 29.0 Å². The van der Waals surface area contributed by atoms with E-state index in [4.69, 9.17) is 9.72 Å². The molecule has 3 rings (SSSR count). The number of morpholine rings is 1. The zero-order chi connectivity index (χ0) is 13.2. The largest absolute Gasteiger partial charge is 0.374 e. The summed E-state index contributed by atoms with van der Waals surface area (Å²) in [5, 5.41) is 3.19. The van der Waals surface area contributed by atoms with Crippen molar-refractivity contribution in [3.63, 3.8) is 0 Å². The lowest BCUT2D eigenvalue weighted by Gasteiger charge is -2.39. The Bertz CT molecular complexity index is 451. The zero-order valence-corrected chi connectivity index (χ0v) is 11.7. The summed E-state index contributed by atoms with van der Waals surface area (Å²) in [4.78, 5) is 11.5. The van der Waals surface area contributed by atoms with Crippen molar-refractivity contribution in [1.29, 1.82) is 0 Å². The first-order chi connectivity index (χ1) is 9.29. The van der Waals surface area contributed by atoms with Gasteiger partial charge in [-0.1, -0.05) is 0 Å². The summed E-state index contributed by atoms with van der Waals surface area (Å²) >= 11 is 0. The summed E-state index contributed by atoms with van der Waals surface area (Å²) in [5.74, 6) is 1.80. The maximum absolute atomic E-state index is 5.87. The third kappa shape index (κ3) is 2.39. The van der Waals surface area contributed by atoms with Gasteiger partial charge in [0.05, 0.1) is 18.8 Å². The van der Waals surface area contributed by atoms with E-state index in [1.807, 2.05) is 6.20 Å². The van der Waals surface area contributed by atoms with E-state index in [1.54, 1.807) is 0 Å². The molecule has 1 saturated carbocycles. The standard InChI is InChI=1S/C14H22N4O/c1-3-15-14-16-9-10(2)13(17-14)18-7-8-19-12-6-4-5-11(12)18/h9,11-12H,3-8H2,1-2H3,(H,15,16,17). The molecule has 1 aliphatic heterocycles. The molecule has 0 radical (unpaired) electrons. The minimum Gasteiger partial charge on any atom is -0.374 e. The Balaban J connectivity index is 1.89. The van der Waals surface area contributed by atoms with Crippen molar-refractivity contribution in [1.82, 2.24) is 9.97 Å². The van der Waals surface area contributed by atoms with Gasteiger partial charge < -0.3 is 15.0 Å². The highest BCUT2D eigenvalue weighted by Crippen LogP contribution is 2.33. The molecule has 104 valence electrons. The summed E-state index contributed by atoms with van der Waals surface area (Å²) in [6, 6.07) is 0.497. The van der Waals surface area contributed by atoms with Gasteiger partial charge in [0, 0.05) is 24.8 Å². The van der Waals surface area contributed by atoms with Gasteiger partial charge in [-0.15, -0.1) is 0 Å². The maximum Gasteiger partial charge on any atom is 0.224 e. The Morgan fingerprint density at radius 3 is 3.21 bits per heavy atom. The average molecular weight is 262 g/mol. The first-order valence-electron chi connectivity index (χ1n) is 7.25. The van der Waals surface area contributed by atoms with Gasteiger partial charge in [-0.25, -0.2) is 4.98 Å². The summed E-state index contributed by atoms with van der Waals surface area (Å²) in [6.45, 7) is 6.73. The second-order valence-electron chi connectivity index (χ2n) is 5.33. The van der Waals surface area contributed by atoms with Gasteiger partial charge in [-0.3, -0.25) is 0 Å². The van der Waals surface area contributed by atoms with Crippen LogP contribution in [0, 0.1) is 6.92 Å². The molecule has 0 spiro atoms. The summed E-state index contributed by atoms with van der Waals surface area (Å²) in [7, 11) is 0. The van der Waals surface area contributed by atoms with Crippen molar-refractivity contribution in [3.8, 4) is 0 Å². The quantitative estimate of drug-likeness (QED) is 0.902. The minimum absolute atomic E-state index is 0.394. The fourth-order valence-electron chi connectivity index (χ4n) is 3.16. The first-order valence-corrected chi connectivity index (χ1v) is 7.25. The van der Waals surface area contributed by atoms with Crippen LogP contribution in [0.25, 0.3) is 0 Å². The summed E-state index contributed by atoms with van der Waals surface area (Å²) in [5.41, 5.74) is 1.15. The molecule has 1 N–H and O–H groups in total. The van der Waals surface area contributed by atoms with E-state index < -0.39 is 0 Å². The molecule has 2 fully saturated rings. The molecule has 1 aliphatic carbocycles. The van der Waals surface area contributed by atoms with Crippen molar-refractivity contribution >= 4 is 11.8 Å². The van der Waals surface area contributed by atoms with Crippen LogP contribution in [-0.4, -0.2) is 41.8 Å². The number of anilines is 2. The molecule has 2 atom stereocenters. The van der Waals surface area contributed by atoms with Gasteiger partial charge in [-0.05, 0) is 33.1 Å². The second-order valence-corrected chi connectivity index (χ2v) is 5.33. The number of aromatic nitrogens is 2. The molecule has 5 heteroatoms. The molecule has 5 nitrogen and oxygen atoms in total. The highest BCUT2D eigenvalue weighted by molar-refractivity contribution is 5.50. The van der Waals surface area contributed by atoms with Crippen LogP contribution in [0.3, 0.4) is 0 Å². The minimum atomic E-state index is 0.394. The van der Waals surface area contributed by atoms with E-state index >= 15 is 0 Å². The van der Waals surface area contributed by atoms with E-state index in [1.165, 1.54) is 19.3 Å². The molecule has 1 aromatic rings. The Morgan fingerprint density at radius 1 is 1.47 bits per heavy atom. The number of nitrogens with one attached hydrogen (secondary N) is 1. The third-order valence-electron chi connectivity index (χ3n) is 4.03. The SMILES string of the molecule is CCNc1ncc(C)c(N2CCOC3CCCC32)n1. The van der Waals surface area contributed by atoms with Gasteiger partial charge in [0.1, 0.15) is 5.82 Å². The molecule has 0 aromatic carbocycles. The predicted octanol–water partition coefficient (Wildman–Crippen LogP) is 1.97. The van der Waals surface area contributed by atoms with Gasteiger partial charge in [0.15, 0.2) is 0 Å². The van der Waals surface area contributed by atoms with Crippen LogP contribution >= 0.6 is 0 Å². The lowest BCUT2D eigenvalue weighted by molar-refractivity contribution is 0.0253. The smallest absolute Gasteiger partial charge is 0.224 e. The summed E-state index contributed by atoms with van der Waals surface area (Å²) in [6.07, 6.45) is 5.97. The molecule has 19 heavy (non-hydrogen) atoms. The molecule has 1 aromatic heterocycles. The number of hydrogen-bond acceptors (Lipinski definition) is 5. The monoisotopic (exact) mass is 262 g/mol. The van der Waals surface area contributed by atoms with Crippen LogP contribution in [0.1, 0.15) is 31.7 Å². The van der Waals surface area contributed by atoms with Crippen molar-refractivity contribution < 1.29 is 4.74 Å². The Labute approximate surface area is 114 Å². The Hall–Kier alpha value is -1.36. The van der Waals surface area contributed by atoms with Gasteiger partial charge in [-0.2, -0.15) is 4.98 Å². The zero-order valence-electron chi connectivity index (χ0n) is 11.7. The lowest BCUT2D eigenvalue weighted by Crippen LogP contribution is -2.49. The van der Waals surface area contributed by atoms with Gasteiger partial charge >= 0.3 is 0 Å². The van der Waals surface area contributed by atoms with Crippen molar-refractivity contribution in [2.24, 2.45) is 0 Å². The fraction of sp³-hybridized carbons (Fsp3) is 0.714. The molecule has 1 saturated heterocycles. The lowest BCUT2D eigenvalue weighted by atomic mass is 10.1. The van der Waals surface area contributed by atoms with Gasteiger partial charge in [0.2, 0.25) is 5.95 Å². The fourth-order valence-corrected chi connectivity index (χ4v) is 3.16. The first kappa shape index (κ1) is 12.7. The highest BCUT2D eigenvalue weighted by atomic mass is 16.5. The Morgan fingerprint density at radius 2 is 2.37 bits per heavy atom. The van der Waals surface area contributed by atoms with Crippen LogP contribution in [0.2, 0.25) is 0 Å². The van der Waals surface area contributed by atoms with E-state index in [0.717, 1.165) is 37.0 Å². The van der Waals surface area contributed by atoms with Crippen molar-refractivity contribution in [3.05, 3.63) is 11.8 Å². The third-order valence-corrected chi connectivity index (χ3v) is 4.03. The van der Waals surface area contributed by atoms with Crippen LogP contribution in [0.15, 0.2) is 6.20 Å². The van der Waals surface area contributed by atoms with Crippen LogP contribution in [0.4, 0.5) is 11.8 Å². The molecule has 2 heterocycles. The number of rotatable bonds is 3. The number of hydrogen-bond donors (Lipinski definition) is 1. The van der Waals surface area contributed by atoms with Crippen LogP contribution < -0.4 is 10.2 Å². The van der Waals surface area contributed by atoms with Crippen LogP contribution in [0.5, 0.6) is 0 Å². The van der Waals surface area contributed by atoms with E-state index in [9.17, 15) is 0 Å².